The van der Waals surface area contributed by atoms with Gasteiger partial charge in [-0.2, -0.15) is 5.10 Å². The Balaban J connectivity index is 1.33. The molecule has 2 fully saturated rings. The molecule has 7 heteroatoms. The van der Waals surface area contributed by atoms with Crippen molar-refractivity contribution in [3.8, 4) is 0 Å². The van der Waals surface area contributed by atoms with E-state index in [2.05, 4.69) is 16.5 Å². The number of halogens is 1. The summed E-state index contributed by atoms with van der Waals surface area (Å²) < 4.78 is 15.9. The maximum atomic E-state index is 14.0. The molecule has 0 radical (unpaired) electrons. The number of para-hydroxylation sites is 1. The average Bonchev–Trinajstić information content (AvgIpc) is 3.31. The van der Waals surface area contributed by atoms with Crippen LogP contribution in [-0.2, 0) is 16.6 Å². The van der Waals surface area contributed by atoms with Gasteiger partial charge in [0.05, 0.1) is 11.6 Å². The second kappa shape index (κ2) is 6.43. The van der Waals surface area contributed by atoms with Crippen molar-refractivity contribution in [2.45, 2.75) is 56.0 Å². The molecule has 4 heterocycles. The highest BCUT2D eigenvalue weighted by molar-refractivity contribution is 6.05. The van der Waals surface area contributed by atoms with Crippen molar-refractivity contribution < 1.29 is 14.0 Å². The number of aryl methyl sites for hydroxylation is 1. The van der Waals surface area contributed by atoms with Gasteiger partial charge in [-0.3, -0.25) is 14.3 Å². The predicted octanol–water partition coefficient (Wildman–Crippen LogP) is 2.92. The molecule has 28 heavy (non-hydrogen) atoms. The molecule has 3 atom stereocenters. The van der Waals surface area contributed by atoms with E-state index in [-0.39, 0.29) is 36.0 Å². The van der Waals surface area contributed by atoms with Crippen LogP contribution in [0.3, 0.4) is 0 Å². The van der Waals surface area contributed by atoms with Crippen molar-refractivity contribution >= 4 is 17.5 Å². The van der Waals surface area contributed by atoms with Gasteiger partial charge < -0.3 is 10.2 Å². The van der Waals surface area contributed by atoms with E-state index in [4.69, 9.17) is 0 Å². The summed E-state index contributed by atoms with van der Waals surface area (Å²) in [5, 5.41) is 6.88. The number of nitrogens with one attached hydrogen (secondary N) is 1. The van der Waals surface area contributed by atoms with Crippen LogP contribution < -0.4 is 5.32 Å². The zero-order valence-electron chi connectivity index (χ0n) is 15.8. The van der Waals surface area contributed by atoms with Crippen LogP contribution in [0, 0.1) is 5.82 Å². The highest BCUT2D eigenvalue weighted by Crippen LogP contribution is 2.44. The normalized spacial score (nSPS) is 28.4. The minimum atomic E-state index is -0.604. The van der Waals surface area contributed by atoms with E-state index < -0.39 is 11.7 Å². The van der Waals surface area contributed by atoms with Crippen molar-refractivity contribution in [3.63, 3.8) is 0 Å². The first-order chi connectivity index (χ1) is 13.5. The number of carbonyl (C=O) groups excluding carboxylic acids is 2. The summed E-state index contributed by atoms with van der Waals surface area (Å²) in [6.07, 6.45) is 5.81. The van der Waals surface area contributed by atoms with Crippen LogP contribution in [0.15, 0.2) is 30.5 Å². The molecule has 2 amide bonds. The van der Waals surface area contributed by atoms with Gasteiger partial charge in [-0.1, -0.05) is 12.1 Å². The lowest BCUT2D eigenvalue weighted by atomic mass is 9.87. The van der Waals surface area contributed by atoms with Gasteiger partial charge in [-0.15, -0.1) is 0 Å². The molecule has 1 aromatic heterocycles. The van der Waals surface area contributed by atoms with Crippen LogP contribution in [-0.4, -0.2) is 38.6 Å². The van der Waals surface area contributed by atoms with Crippen molar-refractivity contribution in [2.24, 2.45) is 7.05 Å². The van der Waals surface area contributed by atoms with Gasteiger partial charge in [-0.05, 0) is 43.4 Å². The Hall–Kier alpha value is -2.70. The zero-order valence-corrected chi connectivity index (χ0v) is 15.8. The minimum Gasteiger partial charge on any atom is -0.337 e. The number of amides is 2. The van der Waals surface area contributed by atoms with E-state index in [1.165, 1.54) is 11.8 Å². The smallest absolute Gasteiger partial charge is 0.232 e. The molecule has 6 nitrogen and oxygen atoms in total. The predicted molar refractivity (Wildman–Crippen MR) is 101 cm³/mol. The molecular formula is C21H23FN4O2. The van der Waals surface area contributed by atoms with E-state index in [0.717, 1.165) is 25.7 Å². The fourth-order valence-corrected chi connectivity index (χ4v) is 5.41. The molecule has 0 spiro atoms. The van der Waals surface area contributed by atoms with Crippen molar-refractivity contribution in [1.82, 2.24) is 14.7 Å². The Labute approximate surface area is 162 Å². The number of nitrogens with zero attached hydrogens (tertiary/aromatic N) is 3. The summed E-state index contributed by atoms with van der Waals surface area (Å²) in [6, 6.07) is 7.14. The molecule has 146 valence electrons. The first kappa shape index (κ1) is 17.4. The highest BCUT2D eigenvalue weighted by atomic mass is 19.1. The van der Waals surface area contributed by atoms with Crippen molar-refractivity contribution in [2.75, 3.05) is 5.32 Å². The first-order valence-corrected chi connectivity index (χ1v) is 9.91. The summed E-state index contributed by atoms with van der Waals surface area (Å²) in [5.41, 5.74) is 2.04. The molecule has 3 aliphatic rings. The van der Waals surface area contributed by atoms with E-state index in [0.29, 0.717) is 11.5 Å². The molecule has 5 rings (SSSR count). The average molecular weight is 382 g/mol. The number of piperidine rings is 1. The summed E-state index contributed by atoms with van der Waals surface area (Å²) in [4.78, 5) is 27.5. The fourth-order valence-electron chi connectivity index (χ4n) is 5.41. The Morgan fingerprint density at radius 3 is 2.68 bits per heavy atom. The van der Waals surface area contributed by atoms with Gasteiger partial charge in [0, 0.05) is 43.4 Å². The van der Waals surface area contributed by atoms with Gasteiger partial charge in [0.15, 0.2) is 0 Å². The lowest BCUT2D eigenvalue weighted by Crippen LogP contribution is -2.46. The highest BCUT2D eigenvalue weighted by Gasteiger charge is 2.45. The summed E-state index contributed by atoms with van der Waals surface area (Å²) in [5.74, 6) is -0.914. The molecule has 0 saturated carbocycles. The second-order valence-electron chi connectivity index (χ2n) is 8.18. The molecule has 2 saturated heterocycles. The minimum absolute atomic E-state index is 0.00761. The Morgan fingerprint density at radius 2 is 2.00 bits per heavy atom. The standard InChI is InChI=1S/C21H23FN4O2/c1-25-18(7-8-23-25)12-9-13-5-6-14(10-12)26(13)19(27)11-16-15-3-2-4-17(22)20(15)24-21(16)28/h2-4,7-8,12-14,16H,5-6,9-11H2,1H3,(H,24,28). The van der Waals surface area contributed by atoms with Gasteiger partial charge in [-0.25, -0.2) is 4.39 Å². The SMILES string of the molecule is Cn1nccc1C1CC2CCC(C1)N2C(=O)CC1C(=O)Nc2c(F)cccc21. The molecule has 0 aliphatic carbocycles. The van der Waals surface area contributed by atoms with Crippen LogP contribution in [0.5, 0.6) is 0 Å². The summed E-state index contributed by atoms with van der Waals surface area (Å²) in [6.45, 7) is 0. The fraction of sp³-hybridized carbons (Fsp3) is 0.476. The number of hydrogen-bond donors (Lipinski definition) is 1. The van der Waals surface area contributed by atoms with Crippen LogP contribution >= 0.6 is 0 Å². The molecule has 3 aliphatic heterocycles. The number of carbonyl (C=O) groups is 2. The van der Waals surface area contributed by atoms with E-state index in [9.17, 15) is 14.0 Å². The third-order valence-electron chi connectivity index (χ3n) is 6.66. The van der Waals surface area contributed by atoms with E-state index in [1.807, 2.05) is 22.8 Å². The molecular weight excluding hydrogens is 359 g/mol. The first-order valence-electron chi connectivity index (χ1n) is 9.91. The largest absolute Gasteiger partial charge is 0.337 e. The molecule has 1 aromatic carbocycles. The second-order valence-corrected chi connectivity index (χ2v) is 8.18. The maximum Gasteiger partial charge on any atom is 0.232 e. The maximum absolute atomic E-state index is 14.0. The number of aromatic nitrogens is 2. The number of benzene rings is 1. The van der Waals surface area contributed by atoms with Gasteiger partial charge in [0.1, 0.15) is 5.82 Å². The van der Waals surface area contributed by atoms with E-state index >= 15 is 0 Å². The Morgan fingerprint density at radius 1 is 1.25 bits per heavy atom. The number of rotatable bonds is 3. The number of anilines is 1. The lowest BCUT2D eigenvalue weighted by Gasteiger charge is -2.39. The Bertz CT molecular complexity index is 942. The molecule has 3 unspecified atom stereocenters. The monoisotopic (exact) mass is 382 g/mol. The van der Waals surface area contributed by atoms with Crippen LogP contribution in [0.4, 0.5) is 10.1 Å². The zero-order chi connectivity index (χ0) is 19.4. The molecule has 2 aromatic rings. The van der Waals surface area contributed by atoms with E-state index in [1.54, 1.807) is 12.1 Å². The lowest BCUT2D eigenvalue weighted by molar-refractivity contribution is -0.137. The summed E-state index contributed by atoms with van der Waals surface area (Å²) >= 11 is 0. The quantitative estimate of drug-likeness (QED) is 0.888. The van der Waals surface area contributed by atoms with Crippen LogP contribution in [0.2, 0.25) is 0 Å². The summed E-state index contributed by atoms with van der Waals surface area (Å²) in [7, 11) is 1.96. The van der Waals surface area contributed by atoms with Gasteiger partial charge in [0.2, 0.25) is 11.8 Å². The number of fused-ring (bicyclic) bond motifs is 3. The third kappa shape index (κ3) is 2.64. The van der Waals surface area contributed by atoms with Crippen molar-refractivity contribution in [3.05, 3.63) is 47.5 Å². The van der Waals surface area contributed by atoms with Crippen molar-refractivity contribution in [1.29, 1.82) is 0 Å². The number of hydrogen-bond acceptors (Lipinski definition) is 3. The van der Waals surface area contributed by atoms with Gasteiger partial charge in [0.25, 0.3) is 0 Å². The molecule has 2 bridgehead atoms. The van der Waals surface area contributed by atoms with Gasteiger partial charge >= 0.3 is 0 Å². The molecule has 1 N–H and O–H groups in total. The van der Waals surface area contributed by atoms with Crippen LogP contribution in [0.1, 0.15) is 55.2 Å². The third-order valence-corrected chi connectivity index (χ3v) is 6.66. The topological polar surface area (TPSA) is 67.2 Å². The van der Waals surface area contributed by atoms with Crippen LogP contribution in [0.25, 0.3) is 0 Å². The Kier molecular flexibility index (Phi) is 4.00.